The van der Waals surface area contributed by atoms with Crippen LogP contribution in [0.3, 0.4) is 0 Å². The van der Waals surface area contributed by atoms with E-state index in [2.05, 4.69) is 19.2 Å². The van der Waals surface area contributed by atoms with Gasteiger partial charge in [0.05, 0.1) is 11.8 Å². The lowest BCUT2D eigenvalue weighted by Gasteiger charge is -2.13. The largest absolute Gasteiger partial charge is 0.354 e. The Labute approximate surface area is 117 Å². The first-order valence-corrected chi connectivity index (χ1v) is 6.66. The number of benzene rings is 1. The summed E-state index contributed by atoms with van der Waals surface area (Å²) in [6.45, 7) is 4.49. The molecule has 0 spiro atoms. The maximum Gasteiger partial charge on any atom is 0.224 e. The number of carbonyl (C=O) groups is 1. The molecular formula is C14H18ClF2NO. The lowest BCUT2D eigenvalue weighted by Crippen LogP contribution is -2.31. The van der Waals surface area contributed by atoms with Crippen LogP contribution in [0, 0.1) is 17.6 Å². The third-order valence-electron chi connectivity index (χ3n) is 2.60. The van der Waals surface area contributed by atoms with Gasteiger partial charge in [0.25, 0.3) is 0 Å². The van der Waals surface area contributed by atoms with Crippen molar-refractivity contribution in [1.82, 2.24) is 5.32 Å². The summed E-state index contributed by atoms with van der Waals surface area (Å²) in [6.07, 6.45) is 0.829. The van der Waals surface area contributed by atoms with Crippen LogP contribution >= 0.6 is 11.6 Å². The Bertz CT molecular complexity index is 437. The van der Waals surface area contributed by atoms with Gasteiger partial charge in [-0.3, -0.25) is 4.79 Å². The molecular weight excluding hydrogens is 272 g/mol. The van der Waals surface area contributed by atoms with Crippen LogP contribution in [-0.2, 0) is 11.2 Å². The van der Waals surface area contributed by atoms with E-state index < -0.39 is 11.6 Å². The number of nitrogens with one attached hydrogen (secondary N) is 1. The highest BCUT2D eigenvalue weighted by molar-refractivity contribution is 6.20. The van der Waals surface area contributed by atoms with Crippen molar-refractivity contribution in [3.05, 3.63) is 35.4 Å². The average molecular weight is 290 g/mol. The Morgan fingerprint density at radius 3 is 2.58 bits per heavy atom. The average Bonchev–Trinajstić information content (AvgIpc) is 2.30. The molecule has 1 atom stereocenters. The Morgan fingerprint density at radius 2 is 2.00 bits per heavy atom. The highest BCUT2D eigenvalue weighted by atomic mass is 35.5. The van der Waals surface area contributed by atoms with Crippen molar-refractivity contribution in [2.24, 2.45) is 5.92 Å². The van der Waals surface area contributed by atoms with Crippen LogP contribution in [0.15, 0.2) is 18.2 Å². The predicted octanol–water partition coefficient (Wildman–Crippen LogP) is 3.28. The second kappa shape index (κ2) is 7.43. The van der Waals surface area contributed by atoms with E-state index in [9.17, 15) is 13.6 Å². The van der Waals surface area contributed by atoms with Crippen molar-refractivity contribution in [2.75, 3.05) is 6.54 Å². The second-order valence-corrected chi connectivity index (χ2v) is 5.57. The Hall–Kier alpha value is -1.16. The fourth-order valence-corrected chi connectivity index (χ4v) is 2.15. The standard InChI is InChI=1S/C14H18ClF2NO/c1-9(2)5-11(15)8-18-14(19)7-10-3-4-12(16)13(17)6-10/h3-4,6,9,11H,5,7-8H2,1-2H3,(H,18,19). The molecule has 0 bridgehead atoms. The van der Waals surface area contributed by atoms with E-state index in [1.54, 1.807) is 0 Å². The Balaban J connectivity index is 2.40. The number of amides is 1. The smallest absolute Gasteiger partial charge is 0.224 e. The van der Waals surface area contributed by atoms with E-state index in [4.69, 9.17) is 11.6 Å². The monoisotopic (exact) mass is 289 g/mol. The first kappa shape index (κ1) is 15.9. The Kier molecular flexibility index (Phi) is 6.22. The highest BCUT2D eigenvalue weighted by Gasteiger charge is 2.11. The fourth-order valence-electron chi connectivity index (χ4n) is 1.72. The predicted molar refractivity (Wildman–Crippen MR) is 72.2 cm³/mol. The molecule has 19 heavy (non-hydrogen) atoms. The molecule has 1 N–H and O–H groups in total. The molecule has 106 valence electrons. The molecule has 0 saturated heterocycles. The van der Waals surface area contributed by atoms with Crippen molar-refractivity contribution >= 4 is 17.5 Å². The third kappa shape index (κ3) is 6.01. The zero-order valence-corrected chi connectivity index (χ0v) is 11.8. The highest BCUT2D eigenvalue weighted by Crippen LogP contribution is 2.11. The number of hydrogen-bond acceptors (Lipinski definition) is 1. The van der Waals surface area contributed by atoms with Crippen LogP contribution in [0.4, 0.5) is 8.78 Å². The van der Waals surface area contributed by atoms with E-state index in [0.717, 1.165) is 18.6 Å². The van der Waals surface area contributed by atoms with Gasteiger partial charge in [0.2, 0.25) is 5.91 Å². The fraction of sp³-hybridized carbons (Fsp3) is 0.500. The van der Waals surface area contributed by atoms with Crippen LogP contribution in [0.1, 0.15) is 25.8 Å². The van der Waals surface area contributed by atoms with E-state index >= 15 is 0 Å². The number of carbonyl (C=O) groups excluding carboxylic acids is 1. The van der Waals surface area contributed by atoms with Crippen molar-refractivity contribution in [3.63, 3.8) is 0 Å². The zero-order valence-electron chi connectivity index (χ0n) is 11.1. The molecule has 5 heteroatoms. The number of rotatable bonds is 6. The first-order valence-electron chi connectivity index (χ1n) is 6.23. The summed E-state index contributed by atoms with van der Waals surface area (Å²) < 4.78 is 25.7. The molecule has 0 aliphatic heterocycles. The SMILES string of the molecule is CC(C)CC(Cl)CNC(=O)Cc1ccc(F)c(F)c1. The summed E-state index contributed by atoms with van der Waals surface area (Å²) in [7, 11) is 0. The summed E-state index contributed by atoms with van der Waals surface area (Å²) in [5.74, 6) is -1.65. The third-order valence-corrected chi connectivity index (χ3v) is 2.93. The second-order valence-electron chi connectivity index (χ2n) is 4.96. The van der Waals surface area contributed by atoms with Gasteiger partial charge in [-0.1, -0.05) is 19.9 Å². The summed E-state index contributed by atoms with van der Waals surface area (Å²) in [6, 6.07) is 3.44. The van der Waals surface area contributed by atoms with Gasteiger partial charge in [0, 0.05) is 6.54 Å². The van der Waals surface area contributed by atoms with Crippen LogP contribution in [0.5, 0.6) is 0 Å². The van der Waals surface area contributed by atoms with E-state index in [-0.39, 0.29) is 17.7 Å². The van der Waals surface area contributed by atoms with Crippen LogP contribution < -0.4 is 5.32 Å². The molecule has 1 aromatic rings. The molecule has 0 radical (unpaired) electrons. The topological polar surface area (TPSA) is 29.1 Å². The van der Waals surface area contributed by atoms with Crippen molar-refractivity contribution in [3.8, 4) is 0 Å². The van der Waals surface area contributed by atoms with Crippen molar-refractivity contribution in [1.29, 1.82) is 0 Å². The minimum Gasteiger partial charge on any atom is -0.354 e. The zero-order chi connectivity index (χ0) is 14.4. The summed E-state index contributed by atoms with van der Waals surface area (Å²) >= 11 is 6.04. The maximum absolute atomic E-state index is 13.0. The molecule has 0 aromatic heterocycles. The molecule has 0 aliphatic carbocycles. The first-order chi connectivity index (χ1) is 8.88. The van der Waals surface area contributed by atoms with Gasteiger partial charge in [-0.25, -0.2) is 8.78 Å². The van der Waals surface area contributed by atoms with Crippen molar-refractivity contribution < 1.29 is 13.6 Å². The molecule has 0 heterocycles. The molecule has 2 nitrogen and oxygen atoms in total. The Morgan fingerprint density at radius 1 is 1.32 bits per heavy atom. The van der Waals surface area contributed by atoms with Gasteiger partial charge < -0.3 is 5.32 Å². The molecule has 0 aliphatic rings. The summed E-state index contributed by atoms with van der Waals surface area (Å²) in [5, 5.41) is 2.57. The molecule has 1 aromatic carbocycles. The number of alkyl halides is 1. The van der Waals surface area contributed by atoms with Gasteiger partial charge >= 0.3 is 0 Å². The van der Waals surface area contributed by atoms with Gasteiger partial charge in [0.1, 0.15) is 0 Å². The van der Waals surface area contributed by atoms with E-state index in [1.165, 1.54) is 6.07 Å². The molecule has 1 rings (SSSR count). The summed E-state index contributed by atoms with van der Waals surface area (Å²) in [5.41, 5.74) is 0.436. The maximum atomic E-state index is 13.0. The van der Waals surface area contributed by atoms with Crippen LogP contribution in [0.25, 0.3) is 0 Å². The quantitative estimate of drug-likeness (QED) is 0.800. The normalized spacial score (nSPS) is 12.5. The lowest BCUT2D eigenvalue weighted by molar-refractivity contribution is -0.120. The van der Waals surface area contributed by atoms with Gasteiger partial charge in [-0.15, -0.1) is 11.6 Å². The van der Waals surface area contributed by atoms with Gasteiger partial charge in [-0.05, 0) is 30.0 Å². The van der Waals surface area contributed by atoms with Gasteiger partial charge in [-0.2, -0.15) is 0 Å². The molecule has 0 fully saturated rings. The molecule has 0 saturated carbocycles. The lowest BCUT2D eigenvalue weighted by atomic mass is 10.1. The van der Waals surface area contributed by atoms with Crippen LogP contribution in [-0.4, -0.2) is 17.8 Å². The minimum atomic E-state index is -0.944. The summed E-state index contributed by atoms with van der Waals surface area (Å²) in [4.78, 5) is 11.6. The minimum absolute atomic E-state index is 0.0164. The van der Waals surface area contributed by atoms with Crippen LogP contribution in [0.2, 0.25) is 0 Å². The van der Waals surface area contributed by atoms with Gasteiger partial charge in [0.15, 0.2) is 11.6 Å². The van der Waals surface area contributed by atoms with E-state index in [1.807, 2.05) is 0 Å². The number of halogens is 3. The number of hydrogen-bond donors (Lipinski definition) is 1. The molecule has 1 amide bonds. The molecule has 1 unspecified atom stereocenters. The van der Waals surface area contributed by atoms with Crippen molar-refractivity contribution in [2.45, 2.75) is 32.1 Å². The van der Waals surface area contributed by atoms with E-state index in [0.29, 0.717) is 18.0 Å².